The van der Waals surface area contributed by atoms with Gasteiger partial charge in [0.25, 0.3) is 0 Å². The number of rotatable bonds is 3. The molecular formula is C24H23FO2. The lowest BCUT2D eigenvalue weighted by Gasteiger charge is -2.38. The van der Waals surface area contributed by atoms with Gasteiger partial charge in [-0.15, -0.1) is 0 Å². The summed E-state index contributed by atoms with van der Waals surface area (Å²) in [5, 5.41) is 19.7. The molecule has 0 amide bonds. The van der Waals surface area contributed by atoms with Crippen molar-refractivity contribution in [3.8, 4) is 11.5 Å². The predicted octanol–water partition coefficient (Wildman–Crippen LogP) is 5.54. The molecule has 3 aromatic rings. The minimum Gasteiger partial charge on any atom is -0.508 e. The van der Waals surface area contributed by atoms with Gasteiger partial charge in [-0.25, -0.2) is 4.39 Å². The Morgan fingerprint density at radius 2 is 1.56 bits per heavy atom. The average Bonchev–Trinajstić information content (AvgIpc) is 2.66. The topological polar surface area (TPSA) is 40.5 Å². The van der Waals surface area contributed by atoms with Gasteiger partial charge in [0.05, 0.1) is 0 Å². The van der Waals surface area contributed by atoms with Crippen LogP contribution in [0, 0.1) is 11.7 Å². The second-order valence-electron chi connectivity index (χ2n) is 7.58. The van der Waals surface area contributed by atoms with Crippen molar-refractivity contribution in [2.45, 2.75) is 31.6 Å². The highest BCUT2D eigenvalue weighted by molar-refractivity contribution is 5.43. The first-order valence-corrected chi connectivity index (χ1v) is 9.36. The molecule has 0 saturated heterocycles. The van der Waals surface area contributed by atoms with E-state index in [1.54, 1.807) is 18.2 Å². The van der Waals surface area contributed by atoms with Crippen molar-refractivity contribution in [1.82, 2.24) is 0 Å². The maximum Gasteiger partial charge on any atom is 0.123 e. The van der Waals surface area contributed by atoms with Gasteiger partial charge in [-0.2, -0.15) is 0 Å². The van der Waals surface area contributed by atoms with Crippen molar-refractivity contribution < 1.29 is 14.6 Å². The molecule has 0 aliphatic heterocycles. The summed E-state index contributed by atoms with van der Waals surface area (Å²) in [7, 11) is 0. The molecule has 0 fully saturated rings. The van der Waals surface area contributed by atoms with Gasteiger partial charge >= 0.3 is 0 Å². The van der Waals surface area contributed by atoms with E-state index in [4.69, 9.17) is 0 Å². The molecule has 3 aromatic carbocycles. The lowest BCUT2D eigenvalue weighted by Crippen LogP contribution is -2.27. The first kappa shape index (κ1) is 17.6. The van der Waals surface area contributed by atoms with Crippen molar-refractivity contribution in [3.63, 3.8) is 0 Å². The first-order valence-electron chi connectivity index (χ1n) is 9.36. The highest BCUT2D eigenvalue weighted by atomic mass is 19.1. The van der Waals surface area contributed by atoms with Crippen LogP contribution in [0.3, 0.4) is 0 Å². The second kappa shape index (κ2) is 7.07. The van der Waals surface area contributed by atoms with Crippen molar-refractivity contribution in [2.75, 3.05) is 0 Å². The van der Waals surface area contributed by atoms with E-state index < -0.39 is 0 Å². The number of fused-ring (bicyclic) bond motifs is 1. The molecule has 0 spiro atoms. The Hall–Kier alpha value is -2.81. The van der Waals surface area contributed by atoms with Crippen LogP contribution in [0.15, 0.2) is 66.7 Å². The monoisotopic (exact) mass is 362 g/mol. The van der Waals surface area contributed by atoms with Gasteiger partial charge in [-0.05, 0) is 89.2 Å². The third-order valence-corrected chi connectivity index (χ3v) is 5.93. The van der Waals surface area contributed by atoms with Crippen molar-refractivity contribution in [3.05, 3.63) is 94.8 Å². The van der Waals surface area contributed by atoms with E-state index in [2.05, 4.69) is 6.92 Å². The largest absolute Gasteiger partial charge is 0.508 e. The summed E-state index contributed by atoms with van der Waals surface area (Å²) >= 11 is 0. The Morgan fingerprint density at radius 3 is 2.26 bits per heavy atom. The third-order valence-electron chi connectivity index (χ3n) is 5.93. The Balaban J connectivity index is 1.73. The fourth-order valence-corrected chi connectivity index (χ4v) is 4.41. The molecule has 27 heavy (non-hydrogen) atoms. The molecule has 1 aliphatic carbocycles. The quantitative estimate of drug-likeness (QED) is 0.642. The van der Waals surface area contributed by atoms with Gasteiger partial charge < -0.3 is 10.2 Å². The molecule has 0 radical (unpaired) electrons. The molecular weight excluding hydrogens is 339 g/mol. The van der Waals surface area contributed by atoms with Gasteiger partial charge in [0, 0.05) is 0 Å². The fraction of sp³-hybridized carbons (Fsp3) is 0.250. The van der Waals surface area contributed by atoms with Crippen LogP contribution in [0.2, 0.25) is 0 Å². The Kier molecular flexibility index (Phi) is 4.61. The second-order valence-corrected chi connectivity index (χ2v) is 7.58. The Bertz CT molecular complexity index is 932. The summed E-state index contributed by atoms with van der Waals surface area (Å²) in [4.78, 5) is 0. The summed E-state index contributed by atoms with van der Waals surface area (Å²) in [6, 6.07) is 19.8. The number of phenolic OH excluding ortho intramolecular Hbond substituents is 2. The van der Waals surface area contributed by atoms with Crippen LogP contribution >= 0.6 is 0 Å². The van der Waals surface area contributed by atoms with Gasteiger partial charge in [-0.1, -0.05) is 37.3 Å². The summed E-state index contributed by atoms with van der Waals surface area (Å²) in [5.74, 6) is 1.23. The number of halogens is 1. The van der Waals surface area contributed by atoms with E-state index in [1.807, 2.05) is 36.4 Å². The normalized spacial score (nSPS) is 21.6. The van der Waals surface area contributed by atoms with Crippen molar-refractivity contribution in [2.24, 2.45) is 5.92 Å². The van der Waals surface area contributed by atoms with Crippen LogP contribution in [0.4, 0.5) is 4.39 Å². The maximum absolute atomic E-state index is 13.3. The predicted molar refractivity (Wildman–Crippen MR) is 105 cm³/mol. The van der Waals surface area contributed by atoms with Gasteiger partial charge in [-0.3, -0.25) is 0 Å². The molecule has 4 rings (SSSR count). The van der Waals surface area contributed by atoms with Crippen LogP contribution < -0.4 is 0 Å². The number of hydrogen-bond acceptors (Lipinski definition) is 2. The summed E-state index contributed by atoms with van der Waals surface area (Å²) in [5.41, 5.74) is 4.73. The molecule has 0 aromatic heterocycles. The Labute approximate surface area is 158 Å². The molecule has 2 N–H and O–H groups in total. The molecule has 2 nitrogen and oxygen atoms in total. The van der Waals surface area contributed by atoms with E-state index in [1.165, 1.54) is 28.8 Å². The zero-order valence-corrected chi connectivity index (χ0v) is 15.3. The highest BCUT2D eigenvalue weighted by Crippen LogP contribution is 2.46. The molecule has 0 unspecified atom stereocenters. The van der Waals surface area contributed by atoms with E-state index in [9.17, 15) is 14.6 Å². The van der Waals surface area contributed by atoms with E-state index in [-0.39, 0.29) is 23.2 Å². The van der Waals surface area contributed by atoms with E-state index in [0.29, 0.717) is 11.8 Å². The van der Waals surface area contributed by atoms with E-state index >= 15 is 0 Å². The summed E-state index contributed by atoms with van der Waals surface area (Å²) < 4.78 is 13.3. The zero-order valence-electron chi connectivity index (χ0n) is 15.3. The summed E-state index contributed by atoms with van der Waals surface area (Å²) in [6.07, 6.45) is 1.70. The maximum atomic E-state index is 13.3. The lowest BCUT2D eigenvalue weighted by molar-refractivity contribution is 0.347. The molecule has 3 heteroatoms. The number of benzene rings is 3. The number of hydrogen-bond donors (Lipinski definition) is 2. The smallest absolute Gasteiger partial charge is 0.123 e. The first-order chi connectivity index (χ1) is 13.0. The molecule has 3 atom stereocenters. The van der Waals surface area contributed by atoms with Crippen molar-refractivity contribution in [1.29, 1.82) is 0 Å². The molecule has 1 aliphatic rings. The average molecular weight is 362 g/mol. The number of phenols is 2. The fourth-order valence-electron chi connectivity index (χ4n) is 4.41. The number of aromatic hydroxyl groups is 2. The third kappa shape index (κ3) is 3.55. The minimum absolute atomic E-state index is 0.226. The zero-order chi connectivity index (χ0) is 19.0. The molecule has 0 heterocycles. The highest BCUT2D eigenvalue weighted by Gasteiger charge is 2.34. The van der Waals surface area contributed by atoms with Crippen LogP contribution in [0.5, 0.6) is 11.5 Å². The van der Waals surface area contributed by atoms with Gasteiger partial charge in [0.15, 0.2) is 0 Å². The standard InChI is InChI=1S/C24H23FO2/c1-15-22(17-4-9-20(26)10-5-17)13-18-6-11-21(27)14-24(18)23(15)12-16-2-7-19(25)8-3-16/h2-11,14-15,22-23,26-27H,12-13H2,1H3/t15-,22-,23-/m0/s1. The summed E-state index contributed by atoms with van der Waals surface area (Å²) in [6.45, 7) is 2.25. The molecule has 0 bridgehead atoms. The lowest BCUT2D eigenvalue weighted by atomic mass is 9.66. The minimum atomic E-state index is -0.226. The van der Waals surface area contributed by atoms with Crippen LogP contribution in [0.1, 0.15) is 41.0 Å². The van der Waals surface area contributed by atoms with Crippen molar-refractivity contribution >= 4 is 0 Å². The van der Waals surface area contributed by atoms with Crippen LogP contribution in [0.25, 0.3) is 0 Å². The Morgan fingerprint density at radius 1 is 0.889 bits per heavy atom. The molecule has 138 valence electrons. The van der Waals surface area contributed by atoms with Gasteiger partial charge in [0.2, 0.25) is 0 Å². The SMILES string of the molecule is C[C@H]1[C@@H](c2ccc(O)cc2)Cc2ccc(O)cc2[C@H]1Cc1ccc(F)cc1. The van der Waals surface area contributed by atoms with E-state index in [0.717, 1.165) is 18.4 Å². The van der Waals surface area contributed by atoms with Crippen LogP contribution in [-0.2, 0) is 12.8 Å². The molecule has 0 saturated carbocycles. The van der Waals surface area contributed by atoms with Gasteiger partial charge in [0.1, 0.15) is 17.3 Å². The van der Waals surface area contributed by atoms with Crippen LogP contribution in [-0.4, -0.2) is 10.2 Å².